The molecule has 0 radical (unpaired) electrons. The van der Waals surface area contributed by atoms with Crippen molar-refractivity contribution in [1.82, 2.24) is 9.88 Å². The topological polar surface area (TPSA) is 58.4 Å². The summed E-state index contributed by atoms with van der Waals surface area (Å²) >= 11 is 0. The summed E-state index contributed by atoms with van der Waals surface area (Å²) in [6.07, 6.45) is 10.2. The largest absolute Gasteiger partial charge is 0.436 e. The van der Waals surface area contributed by atoms with E-state index in [1.165, 1.54) is 25.8 Å². The lowest BCUT2D eigenvalue weighted by Gasteiger charge is -2.34. The third-order valence-corrected chi connectivity index (χ3v) is 6.55. The summed E-state index contributed by atoms with van der Waals surface area (Å²) in [6.45, 7) is 3.22. The maximum absolute atomic E-state index is 12.8. The molecule has 0 unspecified atom stereocenters. The first-order chi connectivity index (χ1) is 15.2. The van der Waals surface area contributed by atoms with Crippen molar-refractivity contribution in [2.45, 2.75) is 32.1 Å². The molecule has 2 aliphatic rings. The van der Waals surface area contributed by atoms with Crippen LogP contribution in [0.2, 0.25) is 0 Å². The molecule has 1 amide bonds. The fourth-order valence-electron chi connectivity index (χ4n) is 4.70. The summed E-state index contributed by atoms with van der Waals surface area (Å²) in [5.41, 5.74) is 3.35. The highest BCUT2D eigenvalue weighted by molar-refractivity contribution is 5.92. The molecule has 0 spiro atoms. The molecule has 1 fully saturated rings. The van der Waals surface area contributed by atoms with Crippen LogP contribution in [-0.2, 0) is 4.79 Å². The Balaban J connectivity index is 1.14. The van der Waals surface area contributed by atoms with Crippen LogP contribution in [0, 0.1) is 11.8 Å². The molecular formula is C26H29N3O2. The SMILES string of the molecule is O=C(Nc1ccc(-c2nc3ccccc3o2)cc1)C1CCN(C[C@H]2CC=CCC2)CC1. The van der Waals surface area contributed by atoms with Crippen molar-refractivity contribution in [2.75, 3.05) is 25.0 Å². The first-order valence-electron chi connectivity index (χ1n) is 11.4. The number of nitrogens with one attached hydrogen (secondary N) is 1. The van der Waals surface area contributed by atoms with E-state index in [4.69, 9.17) is 4.42 Å². The van der Waals surface area contributed by atoms with Crippen LogP contribution in [0.3, 0.4) is 0 Å². The number of hydrogen-bond donors (Lipinski definition) is 1. The van der Waals surface area contributed by atoms with Crippen molar-refractivity contribution in [2.24, 2.45) is 11.8 Å². The number of benzene rings is 2. The summed E-state index contributed by atoms with van der Waals surface area (Å²) in [5.74, 6) is 1.61. The quantitative estimate of drug-likeness (QED) is 0.559. The fourth-order valence-corrected chi connectivity index (χ4v) is 4.70. The summed E-state index contributed by atoms with van der Waals surface area (Å²) in [5, 5.41) is 3.10. The number of oxazole rings is 1. The normalized spacial score (nSPS) is 20.2. The smallest absolute Gasteiger partial charge is 0.227 e. The number of anilines is 1. The number of piperidine rings is 1. The molecule has 3 aromatic rings. The molecular weight excluding hydrogens is 386 g/mol. The second-order valence-corrected chi connectivity index (χ2v) is 8.78. The number of allylic oxidation sites excluding steroid dienone is 2. The van der Waals surface area contributed by atoms with E-state index in [0.717, 1.165) is 54.2 Å². The van der Waals surface area contributed by atoms with Gasteiger partial charge in [-0.25, -0.2) is 4.98 Å². The Morgan fingerprint density at radius 2 is 1.84 bits per heavy atom. The van der Waals surface area contributed by atoms with E-state index in [1.54, 1.807) is 0 Å². The van der Waals surface area contributed by atoms with Gasteiger partial charge in [0.2, 0.25) is 11.8 Å². The van der Waals surface area contributed by atoms with E-state index in [2.05, 4.69) is 27.4 Å². The molecule has 31 heavy (non-hydrogen) atoms. The lowest BCUT2D eigenvalue weighted by molar-refractivity contribution is -0.121. The molecule has 2 aromatic carbocycles. The molecule has 2 heterocycles. The minimum atomic E-state index is 0.0965. The van der Waals surface area contributed by atoms with Crippen molar-refractivity contribution in [3.63, 3.8) is 0 Å². The molecule has 0 saturated carbocycles. The first-order valence-corrected chi connectivity index (χ1v) is 11.4. The van der Waals surface area contributed by atoms with Crippen LogP contribution in [0.15, 0.2) is 65.1 Å². The van der Waals surface area contributed by atoms with Gasteiger partial charge < -0.3 is 14.6 Å². The van der Waals surface area contributed by atoms with Crippen LogP contribution in [0.5, 0.6) is 0 Å². The third kappa shape index (κ3) is 4.72. The predicted octanol–water partition coefficient (Wildman–Crippen LogP) is 5.50. The van der Waals surface area contributed by atoms with Gasteiger partial charge in [0.05, 0.1) is 0 Å². The first kappa shape index (κ1) is 20.0. The highest BCUT2D eigenvalue weighted by Gasteiger charge is 2.26. The molecule has 1 saturated heterocycles. The highest BCUT2D eigenvalue weighted by atomic mass is 16.3. The van der Waals surface area contributed by atoms with Gasteiger partial charge in [0.15, 0.2) is 5.58 Å². The maximum atomic E-state index is 12.8. The van der Waals surface area contributed by atoms with E-state index in [1.807, 2.05) is 48.5 Å². The van der Waals surface area contributed by atoms with Crippen molar-refractivity contribution in [3.05, 3.63) is 60.7 Å². The average Bonchev–Trinajstić information content (AvgIpc) is 3.25. The summed E-state index contributed by atoms with van der Waals surface area (Å²) in [7, 11) is 0. The van der Waals surface area contributed by atoms with Gasteiger partial charge in [0.25, 0.3) is 0 Å². The maximum Gasteiger partial charge on any atom is 0.227 e. The second kappa shape index (κ2) is 9.06. The number of para-hydroxylation sites is 2. The van der Waals surface area contributed by atoms with Gasteiger partial charge in [-0.15, -0.1) is 0 Å². The summed E-state index contributed by atoms with van der Waals surface area (Å²) in [4.78, 5) is 19.8. The Morgan fingerprint density at radius 3 is 2.58 bits per heavy atom. The zero-order valence-corrected chi connectivity index (χ0v) is 17.8. The Kier molecular flexibility index (Phi) is 5.85. The molecule has 0 bridgehead atoms. The van der Waals surface area contributed by atoms with E-state index in [-0.39, 0.29) is 11.8 Å². The number of carbonyl (C=O) groups excluding carboxylic acids is 1. The van der Waals surface area contributed by atoms with Gasteiger partial charge in [-0.05, 0) is 87.5 Å². The predicted molar refractivity (Wildman–Crippen MR) is 124 cm³/mol. The lowest BCUT2D eigenvalue weighted by atomic mass is 9.91. The summed E-state index contributed by atoms with van der Waals surface area (Å²) < 4.78 is 5.83. The zero-order chi connectivity index (χ0) is 21.0. The molecule has 160 valence electrons. The Bertz CT molecular complexity index is 1030. The number of aromatic nitrogens is 1. The number of carbonyl (C=O) groups is 1. The molecule has 1 N–H and O–H groups in total. The molecule has 5 rings (SSSR count). The lowest BCUT2D eigenvalue weighted by Crippen LogP contribution is -2.40. The van der Waals surface area contributed by atoms with Crippen molar-refractivity contribution in [3.8, 4) is 11.5 Å². The number of rotatable bonds is 5. The van der Waals surface area contributed by atoms with Gasteiger partial charge in [-0.1, -0.05) is 24.3 Å². The molecule has 5 heteroatoms. The zero-order valence-electron chi connectivity index (χ0n) is 17.8. The van der Waals surface area contributed by atoms with Crippen LogP contribution < -0.4 is 5.32 Å². The van der Waals surface area contributed by atoms with Crippen LogP contribution in [0.25, 0.3) is 22.6 Å². The second-order valence-electron chi connectivity index (χ2n) is 8.78. The number of likely N-dealkylation sites (tertiary alicyclic amines) is 1. The Morgan fingerprint density at radius 1 is 1.03 bits per heavy atom. The Labute approximate surface area is 183 Å². The van der Waals surface area contributed by atoms with Gasteiger partial charge >= 0.3 is 0 Å². The third-order valence-electron chi connectivity index (χ3n) is 6.55. The monoisotopic (exact) mass is 415 g/mol. The van der Waals surface area contributed by atoms with Gasteiger partial charge in [-0.2, -0.15) is 0 Å². The van der Waals surface area contributed by atoms with Gasteiger partial charge in [0, 0.05) is 23.7 Å². The molecule has 1 aromatic heterocycles. The van der Waals surface area contributed by atoms with Crippen LogP contribution in [-0.4, -0.2) is 35.4 Å². The molecule has 1 aliphatic carbocycles. The van der Waals surface area contributed by atoms with Crippen molar-refractivity contribution < 1.29 is 9.21 Å². The van der Waals surface area contributed by atoms with E-state index >= 15 is 0 Å². The molecule has 1 aliphatic heterocycles. The number of hydrogen-bond acceptors (Lipinski definition) is 4. The van der Waals surface area contributed by atoms with Crippen molar-refractivity contribution in [1.29, 1.82) is 0 Å². The number of amides is 1. The average molecular weight is 416 g/mol. The van der Waals surface area contributed by atoms with E-state index in [9.17, 15) is 4.79 Å². The highest BCUT2D eigenvalue weighted by Crippen LogP contribution is 2.27. The molecule has 1 atom stereocenters. The number of fused-ring (bicyclic) bond motifs is 1. The Hall–Kier alpha value is -2.92. The minimum Gasteiger partial charge on any atom is -0.436 e. The van der Waals surface area contributed by atoms with Crippen molar-refractivity contribution >= 4 is 22.7 Å². The van der Waals surface area contributed by atoms with Gasteiger partial charge in [-0.3, -0.25) is 4.79 Å². The summed E-state index contributed by atoms with van der Waals surface area (Å²) in [6, 6.07) is 15.5. The minimum absolute atomic E-state index is 0.0965. The standard InChI is InChI=1S/C26H29N3O2/c30-25(20-14-16-29(17-15-20)18-19-6-2-1-3-7-19)27-22-12-10-21(11-13-22)26-28-23-8-4-5-9-24(23)31-26/h1-2,4-5,8-13,19-20H,3,6-7,14-18H2,(H,27,30)/t19-/m0/s1. The van der Waals surface area contributed by atoms with Crippen LogP contribution in [0.4, 0.5) is 5.69 Å². The molecule has 5 nitrogen and oxygen atoms in total. The van der Waals surface area contributed by atoms with Crippen LogP contribution in [0.1, 0.15) is 32.1 Å². The van der Waals surface area contributed by atoms with E-state index in [0.29, 0.717) is 5.89 Å². The van der Waals surface area contributed by atoms with E-state index < -0.39 is 0 Å². The number of nitrogens with zero attached hydrogens (tertiary/aromatic N) is 2. The van der Waals surface area contributed by atoms with Crippen LogP contribution >= 0.6 is 0 Å². The van der Waals surface area contributed by atoms with Gasteiger partial charge in [0.1, 0.15) is 5.52 Å². The fraction of sp³-hybridized carbons (Fsp3) is 0.385.